The summed E-state index contributed by atoms with van der Waals surface area (Å²) < 4.78 is 69.4. The van der Waals surface area contributed by atoms with Crippen LogP contribution in [0.5, 0.6) is 0 Å². The highest BCUT2D eigenvalue weighted by Gasteiger charge is 2.35. The van der Waals surface area contributed by atoms with Crippen molar-refractivity contribution in [2.45, 2.75) is 24.0 Å². The van der Waals surface area contributed by atoms with Gasteiger partial charge in [0.15, 0.2) is 0 Å². The van der Waals surface area contributed by atoms with Crippen molar-refractivity contribution in [3.63, 3.8) is 0 Å². The number of carboxylic acid groups (broad SMARTS) is 1. The van der Waals surface area contributed by atoms with Crippen molar-refractivity contribution >= 4 is 27.6 Å². The number of benzene rings is 1. The number of alkyl halides is 3. The van der Waals surface area contributed by atoms with Crippen molar-refractivity contribution in [1.29, 1.82) is 0 Å². The molecule has 0 spiro atoms. The molecule has 9 nitrogen and oxygen atoms in total. The first-order chi connectivity index (χ1) is 17.0. The average Bonchev–Trinajstić information content (AvgIpc) is 2.83. The molecule has 3 N–H and O–H groups in total. The van der Waals surface area contributed by atoms with E-state index in [2.05, 4.69) is 20.0 Å². The van der Waals surface area contributed by atoms with Crippen LogP contribution in [-0.4, -0.2) is 55.1 Å². The Bertz CT molecular complexity index is 1400. The van der Waals surface area contributed by atoms with Crippen LogP contribution in [0.15, 0.2) is 59.8 Å². The monoisotopic (exact) mass is 521 g/mol. The van der Waals surface area contributed by atoms with Gasteiger partial charge in [0.05, 0.1) is 10.5 Å². The molecule has 1 aromatic carbocycles. The first kappa shape index (κ1) is 25.4. The van der Waals surface area contributed by atoms with E-state index in [0.29, 0.717) is 24.8 Å². The van der Waals surface area contributed by atoms with Gasteiger partial charge < -0.3 is 15.3 Å². The summed E-state index contributed by atoms with van der Waals surface area (Å²) in [5.74, 6) is -1.24. The number of piperazine rings is 1. The van der Waals surface area contributed by atoms with Crippen LogP contribution in [0, 0.1) is 6.92 Å². The van der Waals surface area contributed by atoms with Gasteiger partial charge in [0, 0.05) is 38.1 Å². The number of hydrogen-bond donors (Lipinski definition) is 3. The van der Waals surface area contributed by atoms with Crippen LogP contribution in [0.3, 0.4) is 0 Å². The number of carboxylic acids is 1. The molecule has 0 radical (unpaired) electrons. The summed E-state index contributed by atoms with van der Waals surface area (Å²) in [6.45, 7) is 2.58. The molecule has 3 aromatic rings. The second-order valence-electron chi connectivity index (χ2n) is 8.13. The molecule has 1 saturated heterocycles. The van der Waals surface area contributed by atoms with Crippen LogP contribution in [-0.2, 0) is 21.0 Å². The van der Waals surface area contributed by atoms with Crippen molar-refractivity contribution in [3.05, 3.63) is 66.0 Å². The first-order valence-electron chi connectivity index (χ1n) is 10.8. The Morgan fingerprint density at radius 2 is 1.92 bits per heavy atom. The van der Waals surface area contributed by atoms with E-state index in [1.807, 2.05) is 0 Å². The third kappa shape index (κ3) is 5.26. The van der Waals surface area contributed by atoms with E-state index in [0.717, 1.165) is 6.07 Å². The van der Waals surface area contributed by atoms with E-state index in [9.17, 15) is 31.5 Å². The van der Waals surface area contributed by atoms with Crippen LogP contribution in [0.2, 0.25) is 0 Å². The lowest BCUT2D eigenvalue weighted by Gasteiger charge is -2.34. The molecule has 2 aromatic heterocycles. The molecule has 13 heteroatoms. The predicted molar refractivity (Wildman–Crippen MR) is 126 cm³/mol. The van der Waals surface area contributed by atoms with Crippen LogP contribution in [0.4, 0.5) is 24.8 Å². The number of rotatable bonds is 6. The number of carbonyl (C=O) groups is 1. The molecule has 3 heterocycles. The lowest BCUT2D eigenvalue weighted by Crippen LogP contribution is -2.55. The number of aryl methyl sites for hydroxylation is 1. The van der Waals surface area contributed by atoms with Gasteiger partial charge in [-0.25, -0.2) is 23.2 Å². The minimum atomic E-state index is -4.70. The maximum Gasteiger partial charge on any atom is 0.418 e. The average molecular weight is 522 g/mol. The molecule has 0 unspecified atom stereocenters. The third-order valence-electron chi connectivity index (χ3n) is 5.73. The maximum absolute atomic E-state index is 13.7. The highest BCUT2D eigenvalue weighted by atomic mass is 32.2. The standard InChI is InChI=1S/C23H22F3N5O4S/c1-14-4-2-3-5-16(14)17-11-20(29-12-18(17)23(24,25)26)30-36(34,35)15-6-7-28-21(10-15)31-9-8-27-13-19(31)22(32)33/h2-7,10-12,19,27H,8-9,13H2,1H3,(H,29,30)(H,32,33)/t19-/m1/s1. The van der Waals surface area contributed by atoms with E-state index in [4.69, 9.17) is 0 Å². The first-order valence-corrected chi connectivity index (χ1v) is 12.3. The molecule has 0 amide bonds. The van der Waals surface area contributed by atoms with Crippen LogP contribution < -0.4 is 14.9 Å². The summed E-state index contributed by atoms with van der Waals surface area (Å²) in [5.41, 5.74) is -0.346. The minimum absolute atomic E-state index is 0.146. The predicted octanol–water partition coefficient (Wildman–Crippen LogP) is 3.13. The molecule has 1 aliphatic rings. The normalized spacial score (nSPS) is 16.6. The van der Waals surface area contributed by atoms with Gasteiger partial charge in [-0.3, -0.25) is 4.72 Å². The van der Waals surface area contributed by atoms with Crippen molar-refractivity contribution in [2.75, 3.05) is 29.3 Å². The molecular formula is C23H22F3N5O4S. The van der Waals surface area contributed by atoms with Gasteiger partial charge in [0.25, 0.3) is 10.0 Å². The number of halogens is 3. The summed E-state index contributed by atoms with van der Waals surface area (Å²) in [4.78, 5) is 20.7. The number of aromatic nitrogens is 2. The fourth-order valence-corrected chi connectivity index (χ4v) is 4.96. The van der Waals surface area contributed by atoms with Crippen LogP contribution in [0.25, 0.3) is 11.1 Å². The molecule has 0 saturated carbocycles. The van der Waals surface area contributed by atoms with Crippen molar-refractivity contribution < 1.29 is 31.5 Å². The fourth-order valence-electron chi connectivity index (χ4n) is 3.95. The van der Waals surface area contributed by atoms with Gasteiger partial charge in [-0.05, 0) is 35.7 Å². The highest BCUT2D eigenvalue weighted by Crippen LogP contribution is 2.39. The van der Waals surface area contributed by atoms with Crippen LogP contribution >= 0.6 is 0 Å². The van der Waals surface area contributed by atoms with Crippen molar-refractivity contribution in [2.24, 2.45) is 0 Å². The van der Waals surface area contributed by atoms with Gasteiger partial charge in [0.2, 0.25) is 0 Å². The molecule has 190 valence electrons. The summed E-state index contributed by atoms with van der Waals surface area (Å²) in [6, 6.07) is 8.97. The molecule has 0 aliphatic carbocycles. The number of nitrogens with one attached hydrogen (secondary N) is 2. The van der Waals surface area contributed by atoms with E-state index < -0.39 is 33.8 Å². The zero-order chi connectivity index (χ0) is 26.1. The largest absolute Gasteiger partial charge is 0.480 e. The summed E-state index contributed by atoms with van der Waals surface area (Å²) >= 11 is 0. The van der Waals surface area contributed by atoms with E-state index in [1.165, 1.54) is 29.3 Å². The maximum atomic E-state index is 13.7. The topological polar surface area (TPSA) is 125 Å². The second kappa shape index (κ2) is 9.74. The number of aliphatic carboxylic acids is 1. The van der Waals surface area contributed by atoms with Gasteiger partial charge in [-0.15, -0.1) is 0 Å². The number of anilines is 2. The minimum Gasteiger partial charge on any atom is -0.480 e. The Kier molecular flexibility index (Phi) is 6.87. The Morgan fingerprint density at radius 1 is 1.17 bits per heavy atom. The molecule has 1 fully saturated rings. The lowest BCUT2D eigenvalue weighted by molar-refractivity contribution is -0.139. The molecule has 1 atom stereocenters. The summed E-state index contributed by atoms with van der Waals surface area (Å²) in [5, 5.41) is 12.4. The smallest absolute Gasteiger partial charge is 0.418 e. The van der Waals surface area contributed by atoms with E-state index >= 15 is 0 Å². The number of nitrogens with zero attached hydrogens (tertiary/aromatic N) is 3. The third-order valence-corrected chi connectivity index (χ3v) is 7.09. The summed E-state index contributed by atoms with van der Waals surface area (Å²) in [6.07, 6.45) is -2.88. The van der Waals surface area contributed by atoms with E-state index in [-0.39, 0.29) is 34.2 Å². The molecule has 0 bridgehead atoms. The number of hydrogen-bond acceptors (Lipinski definition) is 7. The quantitative estimate of drug-likeness (QED) is 0.452. The number of sulfonamides is 1. The highest BCUT2D eigenvalue weighted by molar-refractivity contribution is 7.92. The fraction of sp³-hybridized carbons (Fsp3) is 0.261. The van der Waals surface area contributed by atoms with Gasteiger partial charge in [-0.1, -0.05) is 24.3 Å². The zero-order valence-electron chi connectivity index (χ0n) is 19.0. The van der Waals surface area contributed by atoms with E-state index in [1.54, 1.807) is 25.1 Å². The Balaban J connectivity index is 1.69. The SMILES string of the molecule is Cc1ccccc1-c1cc(NS(=O)(=O)c2ccnc(N3CCNC[C@@H]3C(=O)O)c2)ncc1C(F)(F)F. The number of pyridine rings is 2. The Morgan fingerprint density at radius 3 is 2.61 bits per heavy atom. The van der Waals surface area contributed by atoms with Gasteiger partial charge >= 0.3 is 12.1 Å². The van der Waals surface area contributed by atoms with Crippen molar-refractivity contribution in [1.82, 2.24) is 15.3 Å². The lowest BCUT2D eigenvalue weighted by atomic mass is 9.97. The summed E-state index contributed by atoms with van der Waals surface area (Å²) in [7, 11) is -4.29. The molecule has 36 heavy (non-hydrogen) atoms. The second-order valence-corrected chi connectivity index (χ2v) is 9.82. The van der Waals surface area contributed by atoms with Gasteiger partial charge in [0.1, 0.15) is 17.7 Å². The molecular weight excluding hydrogens is 499 g/mol. The Labute approximate surface area is 205 Å². The molecule has 1 aliphatic heterocycles. The van der Waals surface area contributed by atoms with Crippen molar-refractivity contribution in [3.8, 4) is 11.1 Å². The zero-order valence-corrected chi connectivity index (χ0v) is 19.8. The van der Waals surface area contributed by atoms with Crippen LogP contribution in [0.1, 0.15) is 11.1 Å². The van der Waals surface area contributed by atoms with Gasteiger partial charge in [-0.2, -0.15) is 13.2 Å². The molecule has 4 rings (SSSR count). The Hall–Kier alpha value is -3.71.